The van der Waals surface area contributed by atoms with Crippen LogP contribution in [0.1, 0.15) is 43.2 Å². The molecule has 7 nitrogen and oxygen atoms in total. The first-order chi connectivity index (χ1) is 20.0. The lowest BCUT2D eigenvalue weighted by atomic mass is 9.94. The molecule has 3 aromatic rings. The second-order valence-electron chi connectivity index (χ2n) is 10.6. The van der Waals surface area contributed by atoms with Crippen molar-refractivity contribution in [3.8, 4) is 0 Å². The first kappa shape index (κ1) is 32.1. The largest absolute Gasteiger partial charge is 0.352 e. The quantitative estimate of drug-likeness (QED) is 0.257. The van der Waals surface area contributed by atoms with Crippen LogP contribution in [0.15, 0.2) is 72.8 Å². The van der Waals surface area contributed by atoms with Crippen LogP contribution in [0.2, 0.25) is 15.1 Å². The molecule has 0 aliphatic heterocycles. The highest BCUT2D eigenvalue weighted by Crippen LogP contribution is 2.31. The minimum absolute atomic E-state index is 0.0254. The van der Waals surface area contributed by atoms with Crippen molar-refractivity contribution in [2.24, 2.45) is 0 Å². The van der Waals surface area contributed by atoms with Crippen molar-refractivity contribution in [3.63, 3.8) is 0 Å². The third kappa shape index (κ3) is 8.86. The standard InChI is InChI=1S/C31H34Cl3N3O4S/c1-42(40,41)37(28-17-16-25(33)19-27(28)34)21-30(38)36(20-23-12-14-24(32)15-13-23)29(18-22-8-4-2-5-9-22)31(39)35-26-10-6-3-7-11-26/h2,4-5,8-9,12-17,19,26,29H,3,6-7,10-11,18,20-21H2,1H3,(H,35,39)/t29-/m1/s1. The first-order valence-electron chi connectivity index (χ1n) is 13.8. The van der Waals surface area contributed by atoms with Gasteiger partial charge in [0.25, 0.3) is 0 Å². The molecule has 1 aliphatic rings. The van der Waals surface area contributed by atoms with E-state index in [4.69, 9.17) is 34.8 Å². The predicted molar refractivity (Wildman–Crippen MR) is 170 cm³/mol. The summed E-state index contributed by atoms with van der Waals surface area (Å²) in [5.74, 6) is -0.829. The Morgan fingerprint density at radius 3 is 2.14 bits per heavy atom. The smallest absolute Gasteiger partial charge is 0.244 e. The zero-order chi connectivity index (χ0) is 30.3. The Morgan fingerprint density at radius 1 is 0.881 bits per heavy atom. The van der Waals surface area contributed by atoms with Crippen molar-refractivity contribution in [1.29, 1.82) is 0 Å². The van der Waals surface area contributed by atoms with E-state index in [1.54, 1.807) is 24.3 Å². The highest BCUT2D eigenvalue weighted by atomic mass is 35.5. The van der Waals surface area contributed by atoms with Gasteiger partial charge in [-0.05, 0) is 54.3 Å². The summed E-state index contributed by atoms with van der Waals surface area (Å²) in [6.07, 6.45) is 6.22. The molecule has 0 radical (unpaired) electrons. The molecular formula is C31H34Cl3N3O4S. The van der Waals surface area contributed by atoms with Gasteiger partial charge >= 0.3 is 0 Å². The maximum absolute atomic E-state index is 14.2. The number of anilines is 1. The van der Waals surface area contributed by atoms with Gasteiger partial charge in [-0.25, -0.2) is 8.42 Å². The Bertz CT molecular complexity index is 1480. The van der Waals surface area contributed by atoms with Crippen LogP contribution in [0, 0.1) is 0 Å². The zero-order valence-corrected chi connectivity index (χ0v) is 26.4. The molecule has 4 rings (SSSR count). The van der Waals surface area contributed by atoms with Gasteiger partial charge in [0.1, 0.15) is 12.6 Å². The molecule has 11 heteroatoms. The number of nitrogens with one attached hydrogen (secondary N) is 1. The number of carbonyl (C=O) groups excluding carboxylic acids is 2. The number of carbonyl (C=O) groups is 2. The monoisotopic (exact) mass is 649 g/mol. The predicted octanol–water partition coefficient (Wildman–Crippen LogP) is 6.50. The van der Waals surface area contributed by atoms with E-state index >= 15 is 0 Å². The third-order valence-corrected chi connectivity index (χ3v) is 9.26. The lowest BCUT2D eigenvalue weighted by Crippen LogP contribution is -2.55. The molecule has 3 aromatic carbocycles. The number of halogens is 3. The molecule has 0 bridgehead atoms. The number of amides is 2. The van der Waals surface area contributed by atoms with Gasteiger partial charge in [0.2, 0.25) is 21.8 Å². The van der Waals surface area contributed by atoms with Gasteiger partial charge in [0.15, 0.2) is 0 Å². The summed E-state index contributed by atoms with van der Waals surface area (Å²) in [4.78, 5) is 29.6. The fourth-order valence-corrected chi connectivity index (χ4v) is 6.71. The molecule has 42 heavy (non-hydrogen) atoms. The summed E-state index contributed by atoms with van der Waals surface area (Å²) in [5, 5.41) is 4.13. The molecular weight excluding hydrogens is 617 g/mol. The van der Waals surface area contributed by atoms with E-state index < -0.39 is 28.5 Å². The number of hydrogen-bond acceptors (Lipinski definition) is 4. The molecule has 224 valence electrons. The Labute approximate surface area is 262 Å². The summed E-state index contributed by atoms with van der Waals surface area (Å²) in [6, 6.07) is 20.0. The average Bonchev–Trinajstić information content (AvgIpc) is 2.95. The van der Waals surface area contributed by atoms with Gasteiger partial charge in [-0.15, -0.1) is 0 Å². The van der Waals surface area contributed by atoms with Gasteiger partial charge in [-0.2, -0.15) is 0 Å². The van der Waals surface area contributed by atoms with E-state index in [1.165, 1.54) is 23.1 Å². The normalized spacial score (nSPS) is 14.7. The molecule has 1 N–H and O–H groups in total. The minimum Gasteiger partial charge on any atom is -0.352 e. The molecule has 2 amide bonds. The van der Waals surface area contributed by atoms with Crippen molar-refractivity contribution >= 4 is 62.3 Å². The highest BCUT2D eigenvalue weighted by Gasteiger charge is 2.34. The molecule has 0 spiro atoms. The molecule has 0 unspecified atom stereocenters. The fraction of sp³-hybridized carbons (Fsp3) is 0.355. The molecule has 0 heterocycles. The number of sulfonamides is 1. The van der Waals surface area contributed by atoms with Crippen molar-refractivity contribution in [3.05, 3.63) is 99.0 Å². The Morgan fingerprint density at radius 2 is 1.52 bits per heavy atom. The van der Waals surface area contributed by atoms with Gasteiger partial charge < -0.3 is 10.2 Å². The van der Waals surface area contributed by atoms with Crippen LogP contribution in [0.4, 0.5) is 5.69 Å². The van der Waals surface area contributed by atoms with Crippen LogP contribution < -0.4 is 9.62 Å². The molecule has 0 aromatic heterocycles. The van der Waals surface area contributed by atoms with Gasteiger partial charge in [-0.1, -0.05) is 96.5 Å². The number of benzene rings is 3. The first-order valence-corrected chi connectivity index (χ1v) is 16.8. The van der Waals surface area contributed by atoms with E-state index in [0.29, 0.717) is 10.0 Å². The van der Waals surface area contributed by atoms with Crippen molar-refractivity contribution in [2.45, 2.75) is 57.2 Å². The van der Waals surface area contributed by atoms with Crippen LogP contribution in [-0.2, 0) is 32.6 Å². The van der Waals surface area contributed by atoms with Gasteiger partial charge in [0.05, 0.1) is 17.0 Å². The molecule has 0 saturated heterocycles. The van der Waals surface area contributed by atoms with E-state index in [0.717, 1.165) is 53.8 Å². The van der Waals surface area contributed by atoms with Crippen molar-refractivity contribution < 1.29 is 18.0 Å². The fourth-order valence-electron chi connectivity index (χ4n) is 5.16. The number of hydrogen-bond donors (Lipinski definition) is 1. The second kappa shape index (κ2) is 14.6. The average molecular weight is 651 g/mol. The summed E-state index contributed by atoms with van der Waals surface area (Å²) in [7, 11) is -3.95. The second-order valence-corrected chi connectivity index (χ2v) is 13.7. The zero-order valence-electron chi connectivity index (χ0n) is 23.3. The van der Waals surface area contributed by atoms with Crippen molar-refractivity contribution in [1.82, 2.24) is 10.2 Å². The van der Waals surface area contributed by atoms with Crippen LogP contribution in [-0.4, -0.2) is 50.0 Å². The lowest BCUT2D eigenvalue weighted by molar-refractivity contribution is -0.140. The Kier molecular flexibility index (Phi) is 11.2. The summed E-state index contributed by atoms with van der Waals surface area (Å²) in [6.45, 7) is -0.493. The minimum atomic E-state index is -3.95. The van der Waals surface area contributed by atoms with E-state index in [2.05, 4.69) is 5.32 Å². The third-order valence-electron chi connectivity index (χ3n) is 7.35. The summed E-state index contributed by atoms with van der Waals surface area (Å²) >= 11 is 18.5. The molecule has 1 atom stereocenters. The maximum atomic E-state index is 14.2. The Balaban J connectivity index is 1.73. The SMILES string of the molecule is CS(=O)(=O)N(CC(=O)N(Cc1ccc(Cl)cc1)[C@H](Cc1ccccc1)C(=O)NC1CCCCC1)c1ccc(Cl)cc1Cl. The van der Waals surface area contributed by atoms with Crippen LogP contribution in [0.25, 0.3) is 0 Å². The van der Waals surface area contributed by atoms with Crippen molar-refractivity contribution in [2.75, 3.05) is 17.1 Å². The Hall–Kier alpha value is -2.78. The summed E-state index contributed by atoms with van der Waals surface area (Å²) < 4.78 is 26.8. The molecule has 1 saturated carbocycles. The number of rotatable bonds is 11. The summed E-state index contributed by atoms with van der Waals surface area (Å²) in [5.41, 5.74) is 1.73. The lowest BCUT2D eigenvalue weighted by Gasteiger charge is -2.35. The number of nitrogens with zero attached hydrogens (tertiary/aromatic N) is 2. The van der Waals surface area contributed by atoms with Crippen LogP contribution in [0.5, 0.6) is 0 Å². The molecule has 1 aliphatic carbocycles. The van der Waals surface area contributed by atoms with Crippen LogP contribution in [0.3, 0.4) is 0 Å². The van der Waals surface area contributed by atoms with E-state index in [9.17, 15) is 18.0 Å². The van der Waals surface area contributed by atoms with E-state index in [1.807, 2.05) is 30.3 Å². The van der Waals surface area contributed by atoms with Gasteiger partial charge in [0, 0.05) is 29.1 Å². The topological polar surface area (TPSA) is 86.8 Å². The van der Waals surface area contributed by atoms with E-state index in [-0.39, 0.29) is 35.6 Å². The van der Waals surface area contributed by atoms with Crippen LogP contribution >= 0.6 is 34.8 Å². The highest BCUT2D eigenvalue weighted by molar-refractivity contribution is 7.92. The molecule has 1 fully saturated rings. The maximum Gasteiger partial charge on any atom is 0.244 e. The van der Waals surface area contributed by atoms with Gasteiger partial charge in [-0.3, -0.25) is 13.9 Å².